The van der Waals surface area contributed by atoms with Crippen molar-refractivity contribution in [3.8, 4) is 5.75 Å². The lowest BCUT2D eigenvalue weighted by molar-refractivity contribution is -0.141. The molecule has 2 aromatic rings. The molecular weight excluding hydrogens is 366 g/mol. The molecule has 4 rings (SSSR count). The number of methoxy groups -OCH3 is 1. The minimum Gasteiger partial charge on any atom is -0.507 e. The fraction of sp³-hybridized carbons (Fsp3) is 0.333. The van der Waals surface area contributed by atoms with E-state index in [1.807, 2.05) is 30.3 Å². The van der Waals surface area contributed by atoms with Gasteiger partial charge in [0.15, 0.2) is 0 Å². The van der Waals surface area contributed by atoms with Gasteiger partial charge in [-0.3, -0.25) is 9.59 Å². The van der Waals surface area contributed by atoms with Crippen LogP contribution in [0.1, 0.15) is 49.3 Å². The van der Waals surface area contributed by atoms with Crippen LogP contribution in [-0.2, 0) is 9.59 Å². The summed E-state index contributed by atoms with van der Waals surface area (Å²) in [5.41, 5.74) is 1.45. The average molecular weight is 391 g/mol. The monoisotopic (exact) mass is 391 g/mol. The number of benzene rings is 2. The van der Waals surface area contributed by atoms with E-state index in [0.717, 1.165) is 37.7 Å². The number of nitrogens with zero attached hydrogens (tertiary/aromatic N) is 1. The highest BCUT2D eigenvalue weighted by molar-refractivity contribution is 6.46. The predicted octanol–water partition coefficient (Wildman–Crippen LogP) is 4.45. The van der Waals surface area contributed by atoms with E-state index in [0.29, 0.717) is 11.3 Å². The Labute approximate surface area is 170 Å². The molecule has 5 heteroatoms. The lowest BCUT2D eigenvalue weighted by Crippen LogP contribution is -2.40. The van der Waals surface area contributed by atoms with E-state index in [1.54, 1.807) is 36.3 Å². The zero-order valence-electron chi connectivity index (χ0n) is 16.5. The number of aliphatic hydroxyl groups is 1. The van der Waals surface area contributed by atoms with Crippen LogP contribution in [0.3, 0.4) is 0 Å². The Morgan fingerprint density at radius 3 is 2.41 bits per heavy atom. The second kappa shape index (κ2) is 8.11. The number of carbonyl (C=O) groups excluding carboxylic acids is 2. The Balaban J connectivity index is 1.88. The standard InChI is InChI=1S/C24H25NO4/c1-29-19-14-8-11-17(15-19)21-20(22(26)16-9-4-2-5-10-16)23(27)24(28)25(21)18-12-6-3-7-13-18/h2,4-5,8-11,14-15,18,21,26H,3,6-7,12-13H2,1H3/b22-20-. The van der Waals surface area contributed by atoms with Crippen LogP contribution in [-0.4, -0.2) is 34.8 Å². The number of amides is 1. The second-order valence-electron chi connectivity index (χ2n) is 7.64. The molecule has 0 radical (unpaired) electrons. The van der Waals surface area contributed by atoms with Gasteiger partial charge in [0.2, 0.25) is 0 Å². The predicted molar refractivity (Wildman–Crippen MR) is 110 cm³/mol. The molecule has 2 aliphatic rings. The maximum Gasteiger partial charge on any atom is 0.295 e. The van der Waals surface area contributed by atoms with Gasteiger partial charge in [0, 0.05) is 11.6 Å². The third-order valence-corrected chi connectivity index (χ3v) is 5.90. The van der Waals surface area contributed by atoms with E-state index in [1.165, 1.54) is 0 Å². The number of aliphatic hydroxyl groups excluding tert-OH is 1. The van der Waals surface area contributed by atoms with Crippen molar-refractivity contribution in [2.45, 2.75) is 44.2 Å². The van der Waals surface area contributed by atoms with Gasteiger partial charge < -0.3 is 14.7 Å². The topological polar surface area (TPSA) is 66.8 Å². The van der Waals surface area contributed by atoms with Crippen molar-refractivity contribution in [1.82, 2.24) is 4.90 Å². The summed E-state index contributed by atoms with van der Waals surface area (Å²) in [5, 5.41) is 11.0. The number of rotatable bonds is 4. The number of carbonyl (C=O) groups is 2. The minimum atomic E-state index is -0.621. The van der Waals surface area contributed by atoms with E-state index in [-0.39, 0.29) is 17.4 Å². The molecule has 1 unspecified atom stereocenters. The molecule has 5 nitrogen and oxygen atoms in total. The van der Waals surface area contributed by atoms with E-state index in [9.17, 15) is 14.7 Å². The number of ether oxygens (including phenoxy) is 1. The summed E-state index contributed by atoms with van der Waals surface area (Å²) in [6, 6.07) is 15.7. The van der Waals surface area contributed by atoms with E-state index < -0.39 is 17.7 Å². The second-order valence-corrected chi connectivity index (χ2v) is 7.64. The molecule has 150 valence electrons. The van der Waals surface area contributed by atoms with Crippen molar-refractivity contribution in [3.63, 3.8) is 0 Å². The quantitative estimate of drug-likeness (QED) is 0.475. The number of hydrogen-bond acceptors (Lipinski definition) is 4. The Morgan fingerprint density at radius 1 is 1.00 bits per heavy atom. The Kier molecular flexibility index (Phi) is 5.38. The van der Waals surface area contributed by atoms with Gasteiger partial charge in [-0.1, -0.05) is 61.7 Å². The van der Waals surface area contributed by atoms with Gasteiger partial charge in [-0.2, -0.15) is 0 Å². The molecule has 1 saturated heterocycles. The van der Waals surface area contributed by atoms with Crippen LogP contribution >= 0.6 is 0 Å². The molecule has 1 N–H and O–H groups in total. The SMILES string of the molecule is COc1cccc(C2/C(=C(/O)c3ccccc3)C(=O)C(=O)N2C2CCCCC2)c1. The van der Waals surface area contributed by atoms with Crippen LogP contribution in [0.25, 0.3) is 5.76 Å². The Hall–Kier alpha value is -3.08. The normalized spacial score (nSPS) is 22.1. The van der Waals surface area contributed by atoms with E-state index in [4.69, 9.17) is 4.74 Å². The third kappa shape index (κ3) is 3.53. The number of hydrogen-bond donors (Lipinski definition) is 1. The molecule has 1 saturated carbocycles. The molecule has 0 spiro atoms. The van der Waals surface area contributed by atoms with E-state index in [2.05, 4.69) is 0 Å². The number of ketones is 1. The van der Waals surface area contributed by atoms with Crippen molar-refractivity contribution in [2.75, 3.05) is 7.11 Å². The first-order valence-corrected chi connectivity index (χ1v) is 10.1. The molecule has 29 heavy (non-hydrogen) atoms. The largest absolute Gasteiger partial charge is 0.507 e. The first-order valence-electron chi connectivity index (χ1n) is 10.1. The summed E-state index contributed by atoms with van der Waals surface area (Å²) in [6.45, 7) is 0. The molecule has 2 aromatic carbocycles. The molecule has 1 heterocycles. The highest BCUT2D eigenvalue weighted by Crippen LogP contribution is 2.43. The van der Waals surface area contributed by atoms with Crippen molar-refractivity contribution in [1.29, 1.82) is 0 Å². The molecule has 2 fully saturated rings. The molecule has 1 aliphatic carbocycles. The summed E-state index contributed by atoms with van der Waals surface area (Å²) in [5.74, 6) is -0.626. The molecule has 1 amide bonds. The highest BCUT2D eigenvalue weighted by Gasteiger charge is 2.48. The van der Waals surface area contributed by atoms with Crippen LogP contribution in [0.5, 0.6) is 5.75 Å². The zero-order chi connectivity index (χ0) is 20.4. The molecule has 0 aromatic heterocycles. The molecule has 0 bridgehead atoms. The smallest absolute Gasteiger partial charge is 0.295 e. The Morgan fingerprint density at radius 2 is 1.72 bits per heavy atom. The first kappa shape index (κ1) is 19.2. The van der Waals surface area contributed by atoms with Crippen molar-refractivity contribution >= 4 is 17.4 Å². The summed E-state index contributed by atoms with van der Waals surface area (Å²) >= 11 is 0. The van der Waals surface area contributed by atoms with Gasteiger partial charge in [0.1, 0.15) is 11.5 Å². The van der Waals surface area contributed by atoms with Crippen molar-refractivity contribution in [3.05, 3.63) is 71.3 Å². The maximum absolute atomic E-state index is 13.1. The van der Waals surface area contributed by atoms with Crippen LogP contribution in [0, 0.1) is 0 Å². The van der Waals surface area contributed by atoms with Gasteiger partial charge in [-0.05, 0) is 30.5 Å². The minimum absolute atomic E-state index is 0.00234. The summed E-state index contributed by atoms with van der Waals surface area (Å²) in [7, 11) is 1.58. The maximum atomic E-state index is 13.1. The van der Waals surface area contributed by atoms with E-state index >= 15 is 0 Å². The lowest BCUT2D eigenvalue weighted by Gasteiger charge is -2.35. The van der Waals surface area contributed by atoms with Crippen molar-refractivity contribution in [2.24, 2.45) is 0 Å². The lowest BCUT2D eigenvalue weighted by atomic mass is 9.91. The summed E-state index contributed by atoms with van der Waals surface area (Å²) < 4.78 is 5.36. The van der Waals surface area contributed by atoms with Crippen molar-refractivity contribution < 1.29 is 19.4 Å². The average Bonchev–Trinajstić information content (AvgIpc) is 3.05. The van der Waals surface area contributed by atoms with Crippen LogP contribution < -0.4 is 4.74 Å². The third-order valence-electron chi connectivity index (χ3n) is 5.90. The van der Waals surface area contributed by atoms with Gasteiger partial charge in [-0.15, -0.1) is 0 Å². The molecule has 1 atom stereocenters. The summed E-state index contributed by atoms with van der Waals surface area (Å²) in [4.78, 5) is 27.9. The van der Waals surface area contributed by atoms with Crippen LogP contribution in [0.4, 0.5) is 0 Å². The highest BCUT2D eigenvalue weighted by atomic mass is 16.5. The fourth-order valence-corrected chi connectivity index (χ4v) is 4.48. The van der Waals surface area contributed by atoms with Gasteiger partial charge in [-0.25, -0.2) is 0 Å². The van der Waals surface area contributed by atoms with Crippen LogP contribution in [0.2, 0.25) is 0 Å². The summed E-state index contributed by atoms with van der Waals surface area (Å²) in [6.07, 6.45) is 4.97. The first-order chi connectivity index (χ1) is 14.1. The van der Waals surface area contributed by atoms with Crippen LogP contribution in [0.15, 0.2) is 60.2 Å². The Bertz CT molecular complexity index is 944. The number of Topliss-reactive ketones (excluding diaryl/α,β-unsaturated/α-hetero) is 1. The van der Waals surface area contributed by atoms with Gasteiger partial charge in [0.05, 0.1) is 18.7 Å². The fourth-order valence-electron chi connectivity index (χ4n) is 4.48. The zero-order valence-corrected chi connectivity index (χ0v) is 16.5. The van der Waals surface area contributed by atoms with Gasteiger partial charge >= 0.3 is 0 Å². The molecular formula is C24H25NO4. The molecule has 1 aliphatic heterocycles. The van der Waals surface area contributed by atoms with Gasteiger partial charge in [0.25, 0.3) is 11.7 Å². The number of likely N-dealkylation sites (tertiary alicyclic amines) is 1.